The Morgan fingerprint density at radius 1 is 1.24 bits per heavy atom. The predicted octanol–water partition coefficient (Wildman–Crippen LogP) is 3.81. The van der Waals surface area contributed by atoms with Crippen molar-refractivity contribution in [2.24, 2.45) is 0 Å². The van der Waals surface area contributed by atoms with E-state index < -0.39 is 18.0 Å². The third-order valence-corrected chi connectivity index (χ3v) is 4.70. The first-order valence-corrected chi connectivity index (χ1v) is 9.92. The fourth-order valence-corrected chi connectivity index (χ4v) is 3.28. The number of hydrogen-bond acceptors (Lipinski definition) is 5. The van der Waals surface area contributed by atoms with Gasteiger partial charge in [-0.2, -0.15) is 13.2 Å². The fourth-order valence-electron chi connectivity index (χ4n) is 3.28. The molecular weight excluding hydrogens is 446 g/mol. The molecule has 3 aromatic rings. The molecule has 0 saturated carbocycles. The minimum absolute atomic E-state index is 0.140. The van der Waals surface area contributed by atoms with Gasteiger partial charge in [0.05, 0.1) is 28.0 Å². The highest BCUT2D eigenvalue weighted by Gasteiger charge is 2.38. The van der Waals surface area contributed by atoms with Crippen molar-refractivity contribution in [2.75, 3.05) is 11.9 Å². The number of H-pyrrole nitrogens is 1. The maximum atomic E-state index is 14.8. The van der Waals surface area contributed by atoms with E-state index in [1.165, 1.54) is 6.07 Å². The molecule has 0 bridgehead atoms. The number of halogens is 4. The number of alkyl halides is 3. The van der Waals surface area contributed by atoms with Crippen molar-refractivity contribution in [3.8, 4) is 11.3 Å². The monoisotopic (exact) mass is 467 g/mol. The van der Waals surface area contributed by atoms with Gasteiger partial charge < -0.3 is 20.7 Å². The number of nitrogens with zero attached hydrogens (tertiary/aromatic N) is 2. The SMILES string of the molecule is Cc1nc2ccc(F)c(-c3cc4c([nH]3)CCNC4=O)c2nc1NC(C)C.O=C(O)C(F)(F)F. The smallest absolute Gasteiger partial charge is 0.475 e. The summed E-state index contributed by atoms with van der Waals surface area (Å²) in [4.78, 5) is 33.3. The van der Waals surface area contributed by atoms with Crippen LogP contribution in [-0.4, -0.2) is 50.7 Å². The van der Waals surface area contributed by atoms with Crippen molar-refractivity contribution < 1.29 is 32.3 Å². The van der Waals surface area contributed by atoms with Crippen molar-refractivity contribution in [2.45, 2.75) is 39.4 Å². The maximum Gasteiger partial charge on any atom is 0.490 e. The number of rotatable bonds is 3. The van der Waals surface area contributed by atoms with Gasteiger partial charge in [0.1, 0.15) is 17.2 Å². The highest BCUT2D eigenvalue weighted by Crippen LogP contribution is 2.32. The minimum Gasteiger partial charge on any atom is -0.475 e. The van der Waals surface area contributed by atoms with Crippen LogP contribution in [0.15, 0.2) is 18.2 Å². The Bertz CT molecular complexity index is 1220. The van der Waals surface area contributed by atoms with Crippen LogP contribution >= 0.6 is 0 Å². The number of nitrogens with one attached hydrogen (secondary N) is 3. The summed E-state index contributed by atoms with van der Waals surface area (Å²) in [6, 6.07) is 4.89. The van der Waals surface area contributed by atoms with Crippen molar-refractivity contribution >= 4 is 28.7 Å². The van der Waals surface area contributed by atoms with Crippen LogP contribution in [0.5, 0.6) is 0 Å². The number of benzene rings is 1. The van der Waals surface area contributed by atoms with Gasteiger partial charge in [0.15, 0.2) is 0 Å². The number of carbonyl (C=O) groups excluding carboxylic acids is 1. The van der Waals surface area contributed by atoms with E-state index in [-0.39, 0.29) is 11.9 Å². The molecule has 4 rings (SSSR count). The third-order valence-electron chi connectivity index (χ3n) is 4.70. The molecule has 0 saturated heterocycles. The van der Waals surface area contributed by atoms with Crippen LogP contribution in [0.3, 0.4) is 0 Å². The molecule has 0 fully saturated rings. The van der Waals surface area contributed by atoms with Crippen molar-refractivity contribution in [1.82, 2.24) is 20.3 Å². The van der Waals surface area contributed by atoms with Crippen LogP contribution in [0, 0.1) is 12.7 Å². The van der Waals surface area contributed by atoms with Gasteiger partial charge in [-0.05, 0) is 39.0 Å². The summed E-state index contributed by atoms with van der Waals surface area (Å²) < 4.78 is 46.5. The quantitative estimate of drug-likeness (QED) is 0.435. The molecule has 2 aromatic heterocycles. The summed E-state index contributed by atoms with van der Waals surface area (Å²) in [5.41, 5.74) is 4.11. The van der Waals surface area contributed by atoms with Crippen LogP contribution in [0.4, 0.5) is 23.4 Å². The summed E-state index contributed by atoms with van der Waals surface area (Å²) in [6.07, 6.45) is -4.39. The Morgan fingerprint density at radius 3 is 2.48 bits per heavy atom. The van der Waals surface area contributed by atoms with E-state index in [4.69, 9.17) is 9.90 Å². The van der Waals surface area contributed by atoms with E-state index in [1.54, 1.807) is 12.1 Å². The molecule has 1 aliphatic heterocycles. The van der Waals surface area contributed by atoms with Crippen LogP contribution in [0.2, 0.25) is 0 Å². The number of amides is 1. The Labute approximate surface area is 185 Å². The van der Waals surface area contributed by atoms with E-state index >= 15 is 0 Å². The molecular formula is C21H21F4N5O3. The van der Waals surface area contributed by atoms with E-state index in [1.807, 2.05) is 20.8 Å². The van der Waals surface area contributed by atoms with Gasteiger partial charge in [-0.3, -0.25) is 4.79 Å². The lowest BCUT2D eigenvalue weighted by atomic mass is 10.1. The van der Waals surface area contributed by atoms with Gasteiger partial charge in [-0.1, -0.05) is 0 Å². The minimum atomic E-state index is -5.08. The van der Waals surface area contributed by atoms with Crippen molar-refractivity contribution in [1.29, 1.82) is 0 Å². The second-order valence-electron chi connectivity index (χ2n) is 7.63. The van der Waals surface area contributed by atoms with Crippen LogP contribution in [0.25, 0.3) is 22.3 Å². The Balaban J connectivity index is 0.000000383. The molecule has 33 heavy (non-hydrogen) atoms. The molecule has 0 spiro atoms. The molecule has 1 aliphatic rings. The zero-order valence-electron chi connectivity index (χ0n) is 17.9. The Hall–Kier alpha value is -3.70. The van der Waals surface area contributed by atoms with Crippen LogP contribution in [0.1, 0.15) is 35.6 Å². The van der Waals surface area contributed by atoms with Gasteiger partial charge in [-0.15, -0.1) is 0 Å². The number of carboxylic acids is 1. The van der Waals surface area contributed by atoms with Crippen LogP contribution in [-0.2, 0) is 11.2 Å². The van der Waals surface area contributed by atoms with Crippen LogP contribution < -0.4 is 10.6 Å². The zero-order chi connectivity index (χ0) is 24.5. The lowest BCUT2D eigenvalue weighted by Gasteiger charge is -2.13. The lowest BCUT2D eigenvalue weighted by molar-refractivity contribution is -0.192. The molecule has 1 aromatic carbocycles. The number of carbonyl (C=O) groups is 2. The topological polar surface area (TPSA) is 120 Å². The van der Waals surface area contributed by atoms with Crippen molar-refractivity contribution in [3.05, 3.63) is 41.0 Å². The molecule has 3 heterocycles. The highest BCUT2D eigenvalue weighted by atomic mass is 19.4. The van der Waals surface area contributed by atoms with Gasteiger partial charge in [0.2, 0.25) is 0 Å². The molecule has 0 radical (unpaired) electrons. The number of aliphatic carboxylic acids is 1. The molecule has 12 heteroatoms. The molecule has 0 aliphatic carbocycles. The molecule has 4 N–H and O–H groups in total. The normalized spacial score (nSPS) is 13.3. The van der Waals surface area contributed by atoms with Gasteiger partial charge >= 0.3 is 12.1 Å². The second-order valence-corrected chi connectivity index (χ2v) is 7.63. The Morgan fingerprint density at radius 2 is 1.91 bits per heavy atom. The third kappa shape index (κ3) is 5.21. The summed E-state index contributed by atoms with van der Waals surface area (Å²) in [5, 5.41) is 13.2. The number of aromatic nitrogens is 3. The highest BCUT2D eigenvalue weighted by molar-refractivity contribution is 5.99. The standard InChI is InChI=1S/C19H20FN5O.C2HF3O2/c1-9(2)22-18-10(3)23-14-5-4-12(20)16(17(14)25-18)15-8-11-13(24-15)6-7-21-19(11)26;3-2(4,5)1(6)7/h4-5,8-9,24H,6-7H2,1-3H3,(H,21,26)(H,22,25);(H,6,7). The zero-order valence-corrected chi connectivity index (χ0v) is 17.9. The van der Waals surface area contributed by atoms with E-state index in [2.05, 4.69) is 25.6 Å². The Kier molecular flexibility index (Phi) is 6.56. The summed E-state index contributed by atoms with van der Waals surface area (Å²) in [7, 11) is 0. The van der Waals surface area contributed by atoms with Gasteiger partial charge in [0.25, 0.3) is 5.91 Å². The largest absolute Gasteiger partial charge is 0.490 e. The number of fused-ring (bicyclic) bond motifs is 2. The maximum absolute atomic E-state index is 14.8. The van der Waals surface area contributed by atoms with E-state index in [0.717, 1.165) is 11.4 Å². The molecule has 176 valence electrons. The molecule has 0 unspecified atom stereocenters. The number of aryl methyl sites for hydroxylation is 1. The fraction of sp³-hybridized carbons (Fsp3) is 0.333. The second kappa shape index (κ2) is 9.04. The summed E-state index contributed by atoms with van der Waals surface area (Å²) in [6.45, 7) is 6.47. The first-order chi connectivity index (χ1) is 15.4. The van der Waals surface area contributed by atoms with Gasteiger partial charge in [-0.25, -0.2) is 19.2 Å². The first kappa shape index (κ1) is 24.0. The lowest BCUT2D eigenvalue weighted by Crippen LogP contribution is -2.31. The number of anilines is 1. The molecule has 0 atom stereocenters. The first-order valence-electron chi connectivity index (χ1n) is 9.92. The summed E-state index contributed by atoms with van der Waals surface area (Å²) >= 11 is 0. The average molecular weight is 467 g/mol. The molecule has 8 nitrogen and oxygen atoms in total. The summed E-state index contributed by atoms with van der Waals surface area (Å²) in [5.74, 6) is -2.66. The molecule has 1 amide bonds. The van der Waals surface area contributed by atoms with Crippen molar-refractivity contribution in [3.63, 3.8) is 0 Å². The average Bonchev–Trinajstić information content (AvgIpc) is 3.13. The van der Waals surface area contributed by atoms with E-state index in [0.29, 0.717) is 46.6 Å². The number of carboxylic acid groups (broad SMARTS) is 1. The van der Waals surface area contributed by atoms with E-state index in [9.17, 15) is 22.4 Å². The number of hydrogen-bond donors (Lipinski definition) is 4. The predicted molar refractivity (Wildman–Crippen MR) is 113 cm³/mol. The van der Waals surface area contributed by atoms with Gasteiger partial charge in [0, 0.05) is 24.7 Å². The number of aromatic amines is 1.